The Bertz CT molecular complexity index is 1230. The van der Waals surface area contributed by atoms with Crippen molar-refractivity contribution in [2.24, 2.45) is 5.92 Å². The average molecular weight is 548 g/mol. The Morgan fingerprint density at radius 1 is 0.923 bits per heavy atom. The third-order valence-corrected chi connectivity index (χ3v) is 13.0. The third kappa shape index (κ3) is 8.24. The summed E-state index contributed by atoms with van der Waals surface area (Å²) in [7, 11) is -1.85. The zero-order valence-corrected chi connectivity index (χ0v) is 26.1. The van der Waals surface area contributed by atoms with Gasteiger partial charge >= 0.3 is 0 Å². The molecule has 39 heavy (non-hydrogen) atoms. The lowest BCUT2D eigenvalue weighted by Gasteiger charge is -2.36. The third-order valence-electron chi connectivity index (χ3n) is 8.55. The Hall–Kier alpha value is -2.02. The van der Waals surface area contributed by atoms with E-state index in [9.17, 15) is 5.11 Å². The molecule has 1 unspecified atom stereocenters. The van der Waals surface area contributed by atoms with Gasteiger partial charge in [0.15, 0.2) is 8.32 Å². The Morgan fingerprint density at radius 2 is 1.59 bits per heavy atom. The Kier molecular flexibility index (Phi) is 9.40. The van der Waals surface area contributed by atoms with Crippen molar-refractivity contribution in [1.82, 2.24) is 5.32 Å². The van der Waals surface area contributed by atoms with Gasteiger partial charge in [-0.2, -0.15) is 0 Å². The minimum atomic E-state index is -1.85. The first-order chi connectivity index (χ1) is 18.3. The highest BCUT2D eigenvalue weighted by Gasteiger charge is 2.38. The molecule has 0 heterocycles. The quantitative estimate of drug-likeness (QED) is 0.214. The highest BCUT2D eigenvalue weighted by molar-refractivity contribution is 6.74. The number of hydrogen-bond donors (Lipinski definition) is 2. The molecule has 0 radical (unpaired) electrons. The summed E-state index contributed by atoms with van der Waals surface area (Å²) >= 11 is 0. The van der Waals surface area contributed by atoms with Crippen LogP contribution in [0.4, 0.5) is 0 Å². The molecule has 3 aromatic rings. The van der Waals surface area contributed by atoms with E-state index in [2.05, 4.69) is 120 Å². The zero-order chi connectivity index (χ0) is 28.3. The van der Waals surface area contributed by atoms with Gasteiger partial charge in [0, 0.05) is 12.1 Å². The second-order valence-corrected chi connectivity index (χ2v) is 18.4. The first kappa shape index (κ1) is 29.9. The van der Waals surface area contributed by atoms with Crippen molar-refractivity contribution in [3.8, 4) is 0 Å². The SMILES string of the molecule is CC(C)(Cc1ccc2ccccc2c1)NC[C@@H](O)COC(c1ccccc1CO[Si](C)(C)C(C)(C)C)C1CC1. The number of β-amino-alcohol motifs (C(OH)–C–C–N with tert-alkyl or cyclic N) is 1. The van der Waals surface area contributed by atoms with Crippen molar-refractivity contribution >= 4 is 19.1 Å². The standard InChI is InChI=1S/C34H49NO3Si/c1-33(2,3)39(6,7)38-23-29-14-10-11-15-31(29)32(27-18-19-27)37-24-30(36)22-35-34(4,5)21-25-16-17-26-12-8-9-13-28(26)20-25/h8-17,20,27,30,32,35-36H,18-19,21-24H2,1-7H3/t30-,32?/m1/s1. The monoisotopic (exact) mass is 547 g/mol. The van der Waals surface area contributed by atoms with Gasteiger partial charge in [0.25, 0.3) is 0 Å². The van der Waals surface area contributed by atoms with Gasteiger partial charge in [0.2, 0.25) is 0 Å². The van der Waals surface area contributed by atoms with Crippen LogP contribution in [0.25, 0.3) is 10.8 Å². The van der Waals surface area contributed by atoms with Crippen molar-refractivity contribution < 1.29 is 14.3 Å². The topological polar surface area (TPSA) is 50.7 Å². The van der Waals surface area contributed by atoms with E-state index >= 15 is 0 Å². The molecular formula is C34H49NO3Si. The summed E-state index contributed by atoms with van der Waals surface area (Å²) in [6, 6.07) is 23.7. The normalized spacial score (nSPS) is 16.4. The predicted octanol–water partition coefficient (Wildman–Crippen LogP) is 7.80. The molecule has 0 aliphatic heterocycles. The molecule has 0 saturated heterocycles. The Morgan fingerprint density at radius 3 is 2.28 bits per heavy atom. The lowest BCUT2D eigenvalue weighted by Crippen LogP contribution is -2.46. The van der Waals surface area contributed by atoms with Crippen LogP contribution >= 0.6 is 0 Å². The number of fused-ring (bicyclic) bond motifs is 1. The molecule has 0 spiro atoms. The molecule has 1 fully saturated rings. The first-order valence-electron chi connectivity index (χ1n) is 14.6. The van der Waals surface area contributed by atoms with Crippen LogP contribution in [-0.4, -0.2) is 38.2 Å². The highest BCUT2D eigenvalue weighted by atomic mass is 28.4. The molecule has 0 amide bonds. The van der Waals surface area contributed by atoms with Gasteiger partial charge < -0.3 is 19.6 Å². The van der Waals surface area contributed by atoms with E-state index in [1.165, 1.54) is 40.3 Å². The van der Waals surface area contributed by atoms with Crippen LogP contribution in [0, 0.1) is 5.92 Å². The van der Waals surface area contributed by atoms with Crippen LogP contribution in [0.3, 0.4) is 0 Å². The molecule has 0 aromatic heterocycles. The minimum Gasteiger partial charge on any atom is -0.413 e. The number of nitrogens with one attached hydrogen (secondary N) is 1. The molecule has 3 aromatic carbocycles. The highest BCUT2D eigenvalue weighted by Crippen LogP contribution is 2.45. The maximum Gasteiger partial charge on any atom is 0.192 e. The van der Waals surface area contributed by atoms with Crippen LogP contribution in [-0.2, 0) is 22.2 Å². The number of rotatable bonds is 13. The maximum absolute atomic E-state index is 10.9. The van der Waals surface area contributed by atoms with Crippen LogP contribution < -0.4 is 5.32 Å². The molecule has 0 bridgehead atoms. The summed E-state index contributed by atoms with van der Waals surface area (Å²) in [5, 5.41) is 17.2. The number of ether oxygens (including phenoxy) is 1. The molecule has 4 nitrogen and oxygen atoms in total. The molecular weight excluding hydrogens is 498 g/mol. The van der Waals surface area contributed by atoms with Crippen LogP contribution in [0.1, 0.15) is 70.3 Å². The molecule has 4 rings (SSSR count). The fourth-order valence-electron chi connectivity index (χ4n) is 4.89. The van der Waals surface area contributed by atoms with E-state index in [4.69, 9.17) is 9.16 Å². The van der Waals surface area contributed by atoms with Crippen LogP contribution in [0.15, 0.2) is 66.7 Å². The maximum atomic E-state index is 10.9. The zero-order valence-electron chi connectivity index (χ0n) is 25.1. The van der Waals surface area contributed by atoms with Gasteiger partial charge in [0.1, 0.15) is 0 Å². The molecule has 2 atom stereocenters. The van der Waals surface area contributed by atoms with E-state index in [1.807, 2.05) is 0 Å². The van der Waals surface area contributed by atoms with E-state index < -0.39 is 14.4 Å². The molecule has 2 N–H and O–H groups in total. The smallest absolute Gasteiger partial charge is 0.192 e. The average Bonchev–Trinajstić information content (AvgIpc) is 3.71. The van der Waals surface area contributed by atoms with Gasteiger partial charge in [-0.25, -0.2) is 0 Å². The summed E-state index contributed by atoms with van der Waals surface area (Å²) < 4.78 is 13.0. The van der Waals surface area contributed by atoms with Gasteiger partial charge in [-0.15, -0.1) is 0 Å². The Labute approximate surface area is 237 Å². The van der Waals surface area contributed by atoms with Gasteiger partial charge in [-0.05, 0) is 84.6 Å². The first-order valence-corrected chi connectivity index (χ1v) is 17.5. The van der Waals surface area contributed by atoms with E-state index in [1.54, 1.807) is 0 Å². The fourth-order valence-corrected chi connectivity index (χ4v) is 5.84. The number of benzene rings is 3. The predicted molar refractivity (Wildman–Crippen MR) is 166 cm³/mol. The Balaban J connectivity index is 1.33. The lowest BCUT2D eigenvalue weighted by molar-refractivity contribution is -0.0218. The molecule has 212 valence electrons. The van der Waals surface area contributed by atoms with E-state index in [0.29, 0.717) is 25.7 Å². The van der Waals surface area contributed by atoms with Crippen molar-refractivity contribution in [3.63, 3.8) is 0 Å². The molecule has 5 heteroatoms. The second kappa shape index (κ2) is 12.2. The van der Waals surface area contributed by atoms with Crippen molar-refractivity contribution in [2.75, 3.05) is 13.2 Å². The summed E-state index contributed by atoms with van der Waals surface area (Å²) in [5.41, 5.74) is 3.58. The van der Waals surface area contributed by atoms with E-state index in [0.717, 1.165) is 6.42 Å². The van der Waals surface area contributed by atoms with Gasteiger partial charge in [-0.1, -0.05) is 87.5 Å². The number of hydrogen-bond acceptors (Lipinski definition) is 4. The summed E-state index contributed by atoms with van der Waals surface area (Å²) in [6.07, 6.45) is 2.67. The molecule has 1 aliphatic carbocycles. The van der Waals surface area contributed by atoms with E-state index in [-0.39, 0.29) is 16.7 Å². The van der Waals surface area contributed by atoms with Crippen molar-refractivity contribution in [2.45, 2.75) is 96.4 Å². The number of aliphatic hydroxyl groups excluding tert-OH is 1. The second-order valence-electron chi connectivity index (χ2n) is 13.6. The largest absolute Gasteiger partial charge is 0.413 e. The van der Waals surface area contributed by atoms with Gasteiger partial charge in [-0.3, -0.25) is 0 Å². The summed E-state index contributed by atoms with van der Waals surface area (Å²) in [4.78, 5) is 0. The van der Waals surface area contributed by atoms with Crippen LogP contribution in [0.5, 0.6) is 0 Å². The lowest BCUT2D eigenvalue weighted by atomic mass is 9.93. The fraction of sp³-hybridized carbons (Fsp3) is 0.529. The summed E-state index contributed by atoms with van der Waals surface area (Å²) in [6.45, 7) is 17.3. The van der Waals surface area contributed by atoms with Crippen molar-refractivity contribution in [1.29, 1.82) is 0 Å². The molecule has 1 saturated carbocycles. The van der Waals surface area contributed by atoms with Gasteiger partial charge in [0.05, 0.1) is 25.4 Å². The molecule has 1 aliphatic rings. The minimum absolute atomic E-state index is 0.00414. The van der Waals surface area contributed by atoms with Crippen LogP contribution in [0.2, 0.25) is 18.1 Å². The number of aliphatic hydroxyl groups is 1. The van der Waals surface area contributed by atoms with Crippen molar-refractivity contribution in [3.05, 3.63) is 83.4 Å². The summed E-state index contributed by atoms with van der Waals surface area (Å²) in [5.74, 6) is 0.517.